The van der Waals surface area contributed by atoms with Crippen LogP contribution in [-0.4, -0.2) is 88.0 Å². The molecule has 2 heterocycles. The molecule has 4 rings (SSSR count). The van der Waals surface area contributed by atoms with E-state index in [1.807, 2.05) is 19.2 Å². The second kappa shape index (κ2) is 10.8. The van der Waals surface area contributed by atoms with Crippen LogP contribution in [0.25, 0.3) is 0 Å². The van der Waals surface area contributed by atoms with Gasteiger partial charge in [-0.2, -0.15) is 4.31 Å². The number of nitrogens with one attached hydrogen (secondary N) is 1. The van der Waals surface area contributed by atoms with E-state index in [2.05, 4.69) is 27.2 Å². The number of nitrogens with zero attached hydrogens (tertiary/aromatic N) is 3. The molecule has 2 saturated heterocycles. The minimum Gasteiger partial charge on any atom is -0.379 e. The first kappa shape index (κ1) is 23.8. The summed E-state index contributed by atoms with van der Waals surface area (Å²) in [6.45, 7) is 7.03. The second-order valence-electron chi connectivity index (χ2n) is 8.62. The van der Waals surface area contributed by atoms with Gasteiger partial charge in [0, 0.05) is 57.9 Å². The number of hydrogen-bond donors (Lipinski definition) is 1. The zero-order valence-electron chi connectivity index (χ0n) is 19.1. The van der Waals surface area contributed by atoms with Crippen molar-refractivity contribution < 1.29 is 17.9 Å². The smallest absolute Gasteiger partial charge is 0.251 e. The number of piperazine rings is 1. The summed E-state index contributed by atoms with van der Waals surface area (Å²) in [5, 5.41) is 2.90. The molecule has 0 unspecified atom stereocenters. The maximum Gasteiger partial charge on any atom is 0.251 e. The first-order valence-corrected chi connectivity index (χ1v) is 12.8. The van der Waals surface area contributed by atoms with Crippen LogP contribution in [0.5, 0.6) is 0 Å². The van der Waals surface area contributed by atoms with E-state index in [1.165, 1.54) is 15.9 Å². The number of sulfonamides is 1. The van der Waals surface area contributed by atoms with Crippen molar-refractivity contribution in [3.05, 3.63) is 65.2 Å². The monoisotopic (exact) mass is 472 g/mol. The number of carbonyl (C=O) groups excluding carboxylic acids is 1. The van der Waals surface area contributed by atoms with E-state index in [0.29, 0.717) is 38.3 Å². The zero-order valence-corrected chi connectivity index (χ0v) is 19.9. The lowest BCUT2D eigenvalue weighted by Crippen LogP contribution is -2.47. The average Bonchev–Trinajstić information content (AvgIpc) is 2.84. The van der Waals surface area contributed by atoms with Gasteiger partial charge in [-0.25, -0.2) is 8.42 Å². The van der Waals surface area contributed by atoms with Crippen LogP contribution in [0.2, 0.25) is 0 Å². The molecule has 178 valence electrons. The van der Waals surface area contributed by atoms with E-state index in [9.17, 15) is 13.2 Å². The Balaban J connectivity index is 1.34. The second-order valence-corrected chi connectivity index (χ2v) is 10.6. The fourth-order valence-electron chi connectivity index (χ4n) is 4.04. The number of ether oxygens (including phenoxy) is 1. The van der Waals surface area contributed by atoms with Gasteiger partial charge in [-0.15, -0.1) is 0 Å². The molecule has 2 fully saturated rings. The third-order valence-electron chi connectivity index (χ3n) is 6.18. The van der Waals surface area contributed by atoms with Crippen LogP contribution in [0, 0.1) is 0 Å². The van der Waals surface area contributed by atoms with Gasteiger partial charge in [-0.3, -0.25) is 9.69 Å². The van der Waals surface area contributed by atoms with Crippen LogP contribution < -0.4 is 5.32 Å². The largest absolute Gasteiger partial charge is 0.379 e. The Morgan fingerprint density at radius 1 is 0.939 bits per heavy atom. The molecule has 0 radical (unpaired) electrons. The maximum atomic E-state index is 13.0. The van der Waals surface area contributed by atoms with Crippen molar-refractivity contribution in [2.24, 2.45) is 0 Å². The van der Waals surface area contributed by atoms with E-state index in [4.69, 9.17) is 4.74 Å². The summed E-state index contributed by atoms with van der Waals surface area (Å²) in [6.07, 6.45) is 0. The van der Waals surface area contributed by atoms with Gasteiger partial charge in [-0.1, -0.05) is 30.3 Å². The highest BCUT2D eigenvalue weighted by Gasteiger charge is 2.27. The molecule has 0 aliphatic carbocycles. The first-order chi connectivity index (χ1) is 15.9. The van der Waals surface area contributed by atoms with Gasteiger partial charge in [0.25, 0.3) is 5.91 Å². The number of amides is 1. The highest BCUT2D eigenvalue weighted by Crippen LogP contribution is 2.19. The molecule has 33 heavy (non-hydrogen) atoms. The molecular formula is C24H32N4O4S. The molecule has 0 bridgehead atoms. The first-order valence-electron chi connectivity index (χ1n) is 11.4. The molecule has 0 spiro atoms. The third-order valence-corrected chi connectivity index (χ3v) is 8.08. The van der Waals surface area contributed by atoms with Gasteiger partial charge in [0.1, 0.15) is 0 Å². The minimum absolute atomic E-state index is 0.159. The van der Waals surface area contributed by atoms with Crippen molar-refractivity contribution >= 4 is 15.9 Å². The Kier molecular flexibility index (Phi) is 7.77. The highest BCUT2D eigenvalue weighted by atomic mass is 32.2. The summed E-state index contributed by atoms with van der Waals surface area (Å²) in [4.78, 5) is 17.3. The van der Waals surface area contributed by atoms with Crippen LogP contribution in [0.15, 0.2) is 53.4 Å². The standard InChI is InChI=1S/C24H32N4O4S/c1-26-9-11-28(12-10-26)33(30,31)23-4-2-3-22(17-23)24(29)25-18-20-5-7-21(8-6-20)19-27-13-15-32-16-14-27/h2-8,17H,9-16,18-19H2,1H3,(H,25,29). The number of morpholine rings is 1. The Labute approximate surface area is 196 Å². The van der Waals surface area contributed by atoms with Gasteiger partial charge >= 0.3 is 0 Å². The van der Waals surface area contributed by atoms with Crippen LogP contribution in [0.4, 0.5) is 0 Å². The van der Waals surface area contributed by atoms with Gasteiger partial charge in [0.05, 0.1) is 18.1 Å². The van der Waals surface area contributed by atoms with Crippen molar-refractivity contribution in [3.63, 3.8) is 0 Å². The molecule has 8 nitrogen and oxygen atoms in total. The molecule has 2 aromatic rings. The molecule has 1 amide bonds. The number of likely N-dealkylation sites (N-methyl/N-ethyl adjacent to an activating group) is 1. The molecule has 2 aliphatic heterocycles. The Morgan fingerprint density at radius 2 is 1.61 bits per heavy atom. The molecule has 1 N–H and O–H groups in total. The molecule has 0 atom stereocenters. The SMILES string of the molecule is CN1CCN(S(=O)(=O)c2cccc(C(=O)NCc3ccc(CN4CCOCC4)cc3)c2)CC1. The van der Waals surface area contributed by atoms with E-state index in [0.717, 1.165) is 38.4 Å². The third kappa shape index (κ3) is 6.18. The van der Waals surface area contributed by atoms with Crippen molar-refractivity contribution in [1.82, 2.24) is 19.4 Å². The van der Waals surface area contributed by atoms with E-state index in [1.54, 1.807) is 18.2 Å². The Morgan fingerprint density at radius 3 is 2.30 bits per heavy atom. The van der Waals surface area contributed by atoms with Crippen molar-refractivity contribution in [2.75, 3.05) is 59.5 Å². The molecule has 0 aromatic heterocycles. The number of rotatable bonds is 7. The van der Waals surface area contributed by atoms with Gasteiger partial charge in [0.15, 0.2) is 0 Å². The summed E-state index contributed by atoms with van der Waals surface area (Å²) in [7, 11) is -1.63. The molecule has 0 saturated carbocycles. The summed E-state index contributed by atoms with van der Waals surface area (Å²) < 4.78 is 32.9. The van der Waals surface area contributed by atoms with Crippen molar-refractivity contribution in [2.45, 2.75) is 18.0 Å². The van der Waals surface area contributed by atoms with Crippen LogP contribution in [-0.2, 0) is 27.8 Å². The van der Waals surface area contributed by atoms with Crippen LogP contribution in [0.1, 0.15) is 21.5 Å². The minimum atomic E-state index is -3.61. The number of benzene rings is 2. The quantitative estimate of drug-likeness (QED) is 0.656. The molecular weight excluding hydrogens is 440 g/mol. The number of carbonyl (C=O) groups is 1. The molecule has 2 aliphatic rings. The van der Waals surface area contributed by atoms with E-state index < -0.39 is 10.0 Å². The molecule has 2 aromatic carbocycles. The van der Waals surface area contributed by atoms with E-state index >= 15 is 0 Å². The lowest BCUT2D eigenvalue weighted by atomic mass is 10.1. The van der Waals surface area contributed by atoms with Crippen LogP contribution in [0.3, 0.4) is 0 Å². The lowest BCUT2D eigenvalue weighted by molar-refractivity contribution is 0.0342. The normalized spacial score (nSPS) is 18.8. The maximum absolute atomic E-state index is 13.0. The van der Waals surface area contributed by atoms with Crippen molar-refractivity contribution in [3.8, 4) is 0 Å². The zero-order chi connectivity index (χ0) is 23.3. The van der Waals surface area contributed by atoms with E-state index in [-0.39, 0.29) is 10.8 Å². The topological polar surface area (TPSA) is 82.2 Å². The predicted molar refractivity (Wildman–Crippen MR) is 126 cm³/mol. The average molecular weight is 473 g/mol. The predicted octanol–water partition coefficient (Wildman–Crippen LogP) is 1.38. The van der Waals surface area contributed by atoms with Crippen LogP contribution >= 0.6 is 0 Å². The molecule has 9 heteroatoms. The lowest BCUT2D eigenvalue weighted by Gasteiger charge is -2.31. The summed E-state index contributed by atoms with van der Waals surface area (Å²) >= 11 is 0. The van der Waals surface area contributed by atoms with Gasteiger partial charge < -0.3 is 15.0 Å². The fraction of sp³-hybridized carbons (Fsp3) is 0.458. The fourth-order valence-corrected chi connectivity index (χ4v) is 5.51. The van der Waals surface area contributed by atoms with Gasteiger partial charge in [-0.05, 0) is 36.4 Å². The highest BCUT2D eigenvalue weighted by molar-refractivity contribution is 7.89. The summed E-state index contributed by atoms with van der Waals surface area (Å²) in [5.41, 5.74) is 2.57. The van der Waals surface area contributed by atoms with Gasteiger partial charge in [0.2, 0.25) is 10.0 Å². The summed E-state index contributed by atoms with van der Waals surface area (Å²) in [6, 6.07) is 14.5. The summed E-state index contributed by atoms with van der Waals surface area (Å²) in [5.74, 6) is -0.289. The Hall–Kier alpha value is -2.30. The van der Waals surface area contributed by atoms with Crippen molar-refractivity contribution in [1.29, 1.82) is 0 Å². The number of hydrogen-bond acceptors (Lipinski definition) is 6. The Bertz CT molecular complexity index is 1040.